The van der Waals surface area contributed by atoms with Gasteiger partial charge in [0, 0.05) is 11.8 Å². The van der Waals surface area contributed by atoms with Gasteiger partial charge in [-0.15, -0.1) is 0 Å². The van der Waals surface area contributed by atoms with E-state index in [9.17, 15) is 0 Å². The van der Waals surface area contributed by atoms with Gasteiger partial charge in [-0.2, -0.15) is 0 Å². The zero-order chi connectivity index (χ0) is 15.1. The average Bonchev–Trinajstić information content (AvgIpc) is 2.56. The monoisotopic (exact) mass is 287 g/mol. The molecule has 0 aliphatic rings. The molecule has 0 fully saturated rings. The van der Waals surface area contributed by atoms with Gasteiger partial charge in [-0.3, -0.25) is 16.3 Å². The molecule has 1 aromatic carbocycles. The summed E-state index contributed by atoms with van der Waals surface area (Å²) in [5.74, 6) is 7.30. The van der Waals surface area contributed by atoms with Gasteiger partial charge < -0.3 is 9.47 Å². The summed E-state index contributed by atoms with van der Waals surface area (Å²) in [6.07, 6.45) is 5.22. The van der Waals surface area contributed by atoms with Crippen molar-refractivity contribution in [1.29, 1.82) is 0 Å². The topological polar surface area (TPSA) is 69.4 Å². The summed E-state index contributed by atoms with van der Waals surface area (Å²) >= 11 is 0. The number of nitrogens with one attached hydrogen (secondary N) is 1. The van der Waals surface area contributed by atoms with Gasteiger partial charge in [0.1, 0.15) is 11.5 Å². The van der Waals surface area contributed by atoms with Crippen LogP contribution in [0.3, 0.4) is 0 Å². The van der Waals surface area contributed by atoms with E-state index in [2.05, 4.69) is 22.5 Å². The zero-order valence-corrected chi connectivity index (χ0v) is 12.4. The molecule has 0 saturated carbocycles. The van der Waals surface area contributed by atoms with Gasteiger partial charge in [0.25, 0.3) is 0 Å². The Morgan fingerprint density at radius 3 is 2.52 bits per heavy atom. The number of aromatic nitrogens is 1. The minimum atomic E-state index is 0.0186. The molecule has 2 rings (SSSR count). The number of pyridine rings is 1. The van der Waals surface area contributed by atoms with E-state index in [1.165, 1.54) is 5.56 Å². The van der Waals surface area contributed by atoms with Crippen LogP contribution in [-0.4, -0.2) is 19.2 Å². The Morgan fingerprint density at radius 1 is 1.14 bits per heavy atom. The third kappa shape index (κ3) is 3.93. The van der Waals surface area contributed by atoms with Crippen molar-refractivity contribution in [2.75, 3.05) is 14.2 Å². The molecule has 21 heavy (non-hydrogen) atoms. The summed E-state index contributed by atoms with van der Waals surface area (Å²) in [5.41, 5.74) is 5.11. The number of nitrogens with two attached hydrogens (primary N) is 1. The molecule has 1 aromatic heterocycles. The maximum absolute atomic E-state index is 5.69. The van der Waals surface area contributed by atoms with Crippen LogP contribution in [0.25, 0.3) is 0 Å². The summed E-state index contributed by atoms with van der Waals surface area (Å²) in [4.78, 5) is 4.06. The number of aryl methyl sites for hydroxylation is 1. The largest absolute Gasteiger partial charge is 0.497 e. The number of nitrogens with zero attached hydrogens (tertiary/aromatic N) is 1. The lowest BCUT2D eigenvalue weighted by Gasteiger charge is -2.18. The number of hydrogen-bond donors (Lipinski definition) is 2. The van der Waals surface area contributed by atoms with Crippen LogP contribution < -0.4 is 20.7 Å². The summed E-state index contributed by atoms with van der Waals surface area (Å²) < 4.78 is 10.5. The van der Waals surface area contributed by atoms with Crippen molar-refractivity contribution < 1.29 is 9.47 Å². The van der Waals surface area contributed by atoms with Gasteiger partial charge in [-0.25, -0.2) is 0 Å². The Bertz CT molecular complexity index is 558. The molecule has 0 radical (unpaired) electrons. The second-order valence-corrected chi connectivity index (χ2v) is 4.72. The SMILES string of the molecule is COc1ccc(CCC(NN)c2ccncc2OC)cc1. The highest BCUT2D eigenvalue weighted by Crippen LogP contribution is 2.26. The smallest absolute Gasteiger partial charge is 0.141 e. The predicted molar refractivity (Wildman–Crippen MR) is 82.2 cm³/mol. The summed E-state index contributed by atoms with van der Waals surface area (Å²) in [7, 11) is 3.30. The molecule has 0 spiro atoms. The first kappa shape index (κ1) is 15.3. The summed E-state index contributed by atoms with van der Waals surface area (Å²) in [6.45, 7) is 0. The maximum Gasteiger partial charge on any atom is 0.141 e. The minimum Gasteiger partial charge on any atom is -0.497 e. The van der Waals surface area contributed by atoms with E-state index in [-0.39, 0.29) is 6.04 Å². The van der Waals surface area contributed by atoms with Crippen molar-refractivity contribution in [3.8, 4) is 11.5 Å². The van der Waals surface area contributed by atoms with Crippen LogP contribution in [0.15, 0.2) is 42.7 Å². The molecule has 1 unspecified atom stereocenters. The molecule has 0 aliphatic heterocycles. The maximum atomic E-state index is 5.69. The van der Waals surface area contributed by atoms with Crippen LogP contribution in [-0.2, 0) is 6.42 Å². The predicted octanol–water partition coefficient (Wildman–Crippen LogP) is 2.24. The van der Waals surface area contributed by atoms with Gasteiger partial charge >= 0.3 is 0 Å². The lowest BCUT2D eigenvalue weighted by Crippen LogP contribution is -2.28. The van der Waals surface area contributed by atoms with E-state index in [0.29, 0.717) is 0 Å². The molecule has 1 atom stereocenters. The number of ether oxygens (including phenoxy) is 2. The fraction of sp³-hybridized carbons (Fsp3) is 0.312. The molecule has 0 aliphatic carbocycles. The number of hydrazine groups is 1. The molecule has 5 heteroatoms. The van der Waals surface area contributed by atoms with Gasteiger partial charge in [-0.05, 0) is 36.6 Å². The third-order valence-corrected chi connectivity index (χ3v) is 3.49. The molecule has 0 amide bonds. The van der Waals surface area contributed by atoms with E-state index in [1.807, 2.05) is 18.2 Å². The highest BCUT2D eigenvalue weighted by Gasteiger charge is 2.14. The first-order chi connectivity index (χ1) is 10.3. The molecule has 1 heterocycles. The molecule has 2 aromatic rings. The number of methoxy groups -OCH3 is 2. The molecule has 0 bridgehead atoms. The Labute approximate surface area is 125 Å². The van der Waals surface area contributed by atoms with Crippen LogP contribution >= 0.6 is 0 Å². The second-order valence-electron chi connectivity index (χ2n) is 4.72. The Hall–Kier alpha value is -2.11. The Kier molecular flexibility index (Phi) is 5.54. The van der Waals surface area contributed by atoms with Crippen LogP contribution in [0.5, 0.6) is 11.5 Å². The molecule has 3 N–H and O–H groups in total. The number of benzene rings is 1. The minimum absolute atomic E-state index is 0.0186. The Morgan fingerprint density at radius 2 is 1.90 bits per heavy atom. The third-order valence-electron chi connectivity index (χ3n) is 3.49. The van der Waals surface area contributed by atoms with Crippen molar-refractivity contribution in [2.24, 2.45) is 5.84 Å². The fourth-order valence-corrected chi connectivity index (χ4v) is 2.28. The van der Waals surface area contributed by atoms with Crippen molar-refractivity contribution in [3.05, 3.63) is 53.9 Å². The van der Waals surface area contributed by atoms with E-state index in [4.69, 9.17) is 15.3 Å². The van der Waals surface area contributed by atoms with Crippen LogP contribution in [0.4, 0.5) is 0 Å². The lowest BCUT2D eigenvalue weighted by atomic mass is 9.99. The quantitative estimate of drug-likeness (QED) is 0.604. The fourth-order valence-electron chi connectivity index (χ4n) is 2.28. The number of hydrogen-bond acceptors (Lipinski definition) is 5. The van der Waals surface area contributed by atoms with Gasteiger partial charge in [0.15, 0.2) is 0 Å². The van der Waals surface area contributed by atoms with Crippen molar-refractivity contribution in [1.82, 2.24) is 10.4 Å². The highest BCUT2D eigenvalue weighted by atomic mass is 16.5. The molecule has 112 valence electrons. The Balaban J connectivity index is 2.05. The van der Waals surface area contributed by atoms with E-state index >= 15 is 0 Å². The van der Waals surface area contributed by atoms with Crippen molar-refractivity contribution in [3.63, 3.8) is 0 Å². The molecule has 5 nitrogen and oxygen atoms in total. The van der Waals surface area contributed by atoms with Gasteiger partial charge in [0.2, 0.25) is 0 Å². The summed E-state index contributed by atoms with van der Waals surface area (Å²) in [5, 5.41) is 0. The molecular formula is C16H21N3O2. The van der Waals surface area contributed by atoms with Crippen molar-refractivity contribution in [2.45, 2.75) is 18.9 Å². The second kappa shape index (κ2) is 7.61. The van der Waals surface area contributed by atoms with Crippen LogP contribution in [0.1, 0.15) is 23.6 Å². The normalized spacial score (nSPS) is 12.0. The van der Waals surface area contributed by atoms with Crippen molar-refractivity contribution >= 4 is 0 Å². The van der Waals surface area contributed by atoms with E-state index < -0.39 is 0 Å². The zero-order valence-electron chi connectivity index (χ0n) is 12.4. The van der Waals surface area contributed by atoms with Gasteiger partial charge in [-0.1, -0.05) is 12.1 Å². The van der Waals surface area contributed by atoms with Crippen LogP contribution in [0, 0.1) is 0 Å². The summed E-state index contributed by atoms with van der Waals surface area (Å²) in [6, 6.07) is 10.0. The number of rotatable bonds is 7. The first-order valence-electron chi connectivity index (χ1n) is 6.85. The lowest BCUT2D eigenvalue weighted by molar-refractivity contribution is 0.394. The van der Waals surface area contributed by atoms with E-state index in [1.54, 1.807) is 26.6 Å². The first-order valence-corrected chi connectivity index (χ1v) is 6.85. The highest BCUT2D eigenvalue weighted by molar-refractivity contribution is 5.33. The van der Waals surface area contributed by atoms with E-state index in [0.717, 1.165) is 29.9 Å². The average molecular weight is 287 g/mol. The molecule has 0 saturated heterocycles. The standard InChI is InChI=1S/C16H21N3O2/c1-20-13-6-3-12(4-7-13)5-8-15(19-17)14-9-10-18-11-16(14)21-2/h3-4,6-7,9-11,15,19H,5,8,17H2,1-2H3. The van der Waals surface area contributed by atoms with Gasteiger partial charge in [0.05, 0.1) is 26.5 Å². The van der Waals surface area contributed by atoms with Crippen LogP contribution in [0.2, 0.25) is 0 Å². The molecular weight excluding hydrogens is 266 g/mol.